The molecule has 1 saturated heterocycles. The molecule has 1 aliphatic heterocycles. The molecular formula is C24H24ClN5O3. The van der Waals surface area contributed by atoms with Crippen LogP contribution in [-0.4, -0.2) is 64.4 Å². The molecule has 3 aromatic rings. The number of ether oxygens (including phenoxy) is 1. The van der Waals surface area contributed by atoms with Gasteiger partial charge in [0.25, 0.3) is 0 Å². The number of benzene rings is 2. The first-order valence-electron chi connectivity index (χ1n) is 10.5. The predicted molar refractivity (Wildman–Crippen MR) is 127 cm³/mol. The van der Waals surface area contributed by atoms with E-state index in [2.05, 4.69) is 9.97 Å². The van der Waals surface area contributed by atoms with Gasteiger partial charge in [-0.1, -0.05) is 29.8 Å². The van der Waals surface area contributed by atoms with E-state index < -0.39 is 6.04 Å². The Kier molecular flexibility index (Phi) is 6.86. The smallest absolute Gasteiger partial charge is 0.248 e. The summed E-state index contributed by atoms with van der Waals surface area (Å²) >= 11 is 5.91. The van der Waals surface area contributed by atoms with Crippen LogP contribution in [0.1, 0.15) is 11.1 Å². The summed E-state index contributed by atoms with van der Waals surface area (Å²) in [5, 5.41) is 1.40. The van der Waals surface area contributed by atoms with E-state index in [9.17, 15) is 9.59 Å². The summed E-state index contributed by atoms with van der Waals surface area (Å²) in [7, 11) is 1.52. The number of nitrogens with zero attached hydrogens (tertiary/aromatic N) is 4. The first kappa shape index (κ1) is 22.7. The fourth-order valence-corrected chi connectivity index (χ4v) is 3.98. The van der Waals surface area contributed by atoms with Gasteiger partial charge in [-0.05, 0) is 41.5 Å². The zero-order valence-corrected chi connectivity index (χ0v) is 18.9. The Bertz CT molecular complexity index is 1200. The molecule has 170 valence electrons. The second kappa shape index (κ2) is 9.97. The van der Waals surface area contributed by atoms with Crippen molar-refractivity contribution in [2.75, 3.05) is 32.5 Å². The molecule has 9 heteroatoms. The molecule has 1 aliphatic rings. The maximum Gasteiger partial charge on any atom is 0.248 e. The van der Waals surface area contributed by atoms with Crippen LogP contribution in [-0.2, 0) is 20.9 Å². The standard InChI is InChI=1S/C24H24ClN5O3/c1-33-14-21-24(32)29(13-17-4-8-19-20(12-17)27-15-28-23(19)26)10-11-30(21)22(31)9-5-16-2-6-18(25)7-3-16/h2-9,12,15,21H,10-11,13-14H2,1H3,(H2,26,27,28)/b9-5+. The maximum absolute atomic E-state index is 13.2. The summed E-state index contributed by atoms with van der Waals surface area (Å²) in [5.74, 6) is 0.0260. The highest BCUT2D eigenvalue weighted by Crippen LogP contribution is 2.21. The number of hydrogen-bond donors (Lipinski definition) is 1. The second-order valence-electron chi connectivity index (χ2n) is 7.76. The number of carbonyl (C=O) groups is 2. The van der Waals surface area contributed by atoms with Gasteiger partial charge in [0.2, 0.25) is 11.8 Å². The number of carbonyl (C=O) groups excluding carboxylic acids is 2. The van der Waals surface area contributed by atoms with Crippen LogP contribution >= 0.6 is 11.6 Å². The second-order valence-corrected chi connectivity index (χ2v) is 8.19. The van der Waals surface area contributed by atoms with E-state index in [-0.39, 0.29) is 18.4 Å². The zero-order valence-electron chi connectivity index (χ0n) is 18.1. The third kappa shape index (κ3) is 5.13. The zero-order chi connectivity index (χ0) is 23.4. The van der Waals surface area contributed by atoms with Gasteiger partial charge in [0.15, 0.2) is 0 Å². The number of amides is 2. The Labute approximate surface area is 196 Å². The van der Waals surface area contributed by atoms with Gasteiger partial charge in [-0.15, -0.1) is 0 Å². The summed E-state index contributed by atoms with van der Waals surface area (Å²) < 4.78 is 5.27. The summed E-state index contributed by atoms with van der Waals surface area (Å²) in [4.78, 5) is 37.7. The van der Waals surface area contributed by atoms with E-state index in [1.165, 1.54) is 19.5 Å². The van der Waals surface area contributed by atoms with Crippen LogP contribution in [0.5, 0.6) is 0 Å². The Morgan fingerprint density at radius 2 is 2.00 bits per heavy atom. The van der Waals surface area contributed by atoms with Gasteiger partial charge in [0.1, 0.15) is 18.2 Å². The molecule has 1 atom stereocenters. The summed E-state index contributed by atoms with van der Waals surface area (Å²) in [6.07, 6.45) is 4.60. The number of rotatable bonds is 6. The Hall–Kier alpha value is -3.49. The number of nitrogens with two attached hydrogens (primary N) is 1. The molecule has 0 saturated carbocycles. The van der Waals surface area contributed by atoms with Crippen LogP contribution < -0.4 is 5.73 Å². The van der Waals surface area contributed by atoms with Crippen LogP contribution in [0.4, 0.5) is 5.82 Å². The minimum Gasteiger partial charge on any atom is -0.383 e. The molecule has 2 heterocycles. The minimum absolute atomic E-state index is 0.122. The summed E-state index contributed by atoms with van der Waals surface area (Å²) in [5.41, 5.74) is 8.39. The third-order valence-corrected chi connectivity index (χ3v) is 5.84. The first-order valence-corrected chi connectivity index (χ1v) is 10.8. The monoisotopic (exact) mass is 465 g/mol. The van der Waals surface area contributed by atoms with Gasteiger partial charge in [-0.2, -0.15) is 0 Å². The largest absolute Gasteiger partial charge is 0.383 e. The quantitative estimate of drug-likeness (QED) is 0.562. The number of halogens is 1. The van der Waals surface area contributed by atoms with E-state index in [1.807, 2.05) is 30.3 Å². The number of methoxy groups -OCH3 is 1. The lowest BCUT2D eigenvalue weighted by Gasteiger charge is -2.40. The lowest BCUT2D eigenvalue weighted by Crippen LogP contribution is -2.59. The molecule has 1 aromatic heterocycles. The average Bonchev–Trinajstić information content (AvgIpc) is 2.81. The number of hydrogen-bond acceptors (Lipinski definition) is 6. The maximum atomic E-state index is 13.2. The predicted octanol–water partition coefficient (Wildman–Crippen LogP) is 2.76. The van der Waals surface area contributed by atoms with Crippen LogP contribution in [0.25, 0.3) is 17.0 Å². The molecular weight excluding hydrogens is 442 g/mol. The first-order chi connectivity index (χ1) is 16.0. The third-order valence-electron chi connectivity index (χ3n) is 5.58. The lowest BCUT2D eigenvalue weighted by atomic mass is 10.1. The molecule has 2 aromatic carbocycles. The molecule has 0 radical (unpaired) electrons. The molecule has 4 rings (SSSR count). The topological polar surface area (TPSA) is 102 Å². The highest BCUT2D eigenvalue weighted by atomic mass is 35.5. The van der Waals surface area contributed by atoms with Gasteiger partial charge in [-0.3, -0.25) is 9.59 Å². The van der Waals surface area contributed by atoms with Gasteiger partial charge >= 0.3 is 0 Å². The summed E-state index contributed by atoms with van der Waals surface area (Å²) in [6, 6.07) is 12.1. The van der Waals surface area contributed by atoms with Gasteiger partial charge in [0, 0.05) is 43.2 Å². The van der Waals surface area contributed by atoms with Crippen molar-refractivity contribution in [3.05, 3.63) is 71.0 Å². The molecule has 0 aliphatic carbocycles. The fourth-order valence-electron chi connectivity index (χ4n) is 3.86. The van der Waals surface area contributed by atoms with Crippen molar-refractivity contribution in [2.24, 2.45) is 0 Å². The van der Waals surface area contributed by atoms with Crippen molar-refractivity contribution in [3.63, 3.8) is 0 Å². The van der Waals surface area contributed by atoms with Crippen molar-refractivity contribution in [1.82, 2.24) is 19.8 Å². The van der Waals surface area contributed by atoms with Gasteiger partial charge < -0.3 is 20.3 Å². The van der Waals surface area contributed by atoms with E-state index >= 15 is 0 Å². The average molecular weight is 466 g/mol. The Morgan fingerprint density at radius 3 is 2.76 bits per heavy atom. The van der Waals surface area contributed by atoms with Crippen molar-refractivity contribution in [2.45, 2.75) is 12.6 Å². The van der Waals surface area contributed by atoms with Gasteiger partial charge in [-0.25, -0.2) is 9.97 Å². The number of anilines is 1. The molecule has 0 spiro atoms. The molecule has 1 fully saturated rings. The number of piperazine rings is 1. The van der Waals surface area contributed by atoms with Crippen molar-refractivity contribution >= 4 is 46.2 Å². The molecule has 2 N–H and O–H groups in total. The SMILES string of the molecule is COCC1C(=O)N(Cc2ccc3c(N)ncnc3c2)CCN1C(=O)/C=C/c1ccc(Cl)cc1. The molecule has 33 heavy (non-hydrogen) atoms. The Balaban J connectivity index is 1.48. The van der Waals surface area contributed by atoms with E-state index in [1.54, 1.807) is 28.0 Å². The van der Waals surface area contributed by atoms with Gasteiger partial charge in [0.05, 0.1) is 12.1 Å². The van der Waals surface area contributed by atoms with E-state index in [0.29, 0.717) is 30.5 Å². The van der Waals surface area contributed by atoms with Crippen molar-refractivity contribution < 1.29 is 14.3 Å². The fraction of sp³-hybridized carbons (Fsp3) is 0.250. The van der Waals surface area contributed by atoms with Crippen LogP contribution in [0.2, 0.25) is 5.02 Å². The number of aromatic nitrogens is 2. The van der Waals surface area contributed by atoms with Crippen molar-refractivity contribution in [3.8, 4) is 0 Å². The lowest BCUT2D eigenvalue weighted by molar-refractivity contribution is -0.152. The molecule has 0 bridgehead atoms. The number of fused-ring (bicyclic) bond motifs is 1. The van der Waals surface area contributed by atoms with E-state index in [0.717, 1.165) is 22.0 Å². The highest BCUT2D eigenvalue weighted by molar-refractivity contribution is 6.30. The highest BCUT2D eigenvalue weighted by Gasteiger charge is 2.36. The van der Waals surface area contributed by atoms with Crippen LogP contribution in [0.3, 0.4) is 0 Å². The Morgan fingerprint density at radius 1 is 1.21 bits per heavy atom. The molecule has 2 amide bonds. The number of nitrogen functional groups attached to an aromatic ring is 1. The van der Waals surface area contributed by atoms with E-state index in [4.69, 9.17) is 22.1 Å². The summed E-state index contributed by atoms with van der Waals surface area (Å²) in [6.45, 7) is 1.36. The van der Waals surface area contributed by atoms with Crippen LogP contribution in [0, 0.1) is 0 Å². The normalized spacial score (nSPS) is 16.7. The molecule has 1 unspecified atom stereocenters. The molecule has 8 nitrogen and oxygen atoms in total. The van der Waals surface area contributed by atoms with Crippen LogP contribution in [0.15, 0.2) is 54.9 Å². The van der Waals surface area contributed by atoms with Crippen molar-refractivity contribution in [1.29, 1.82) is 0 Å². The minimum atomic E-state index is -0.690.